The Balaban J connectivity index is 2.10. The minimum atomic E-state index is -0.953. The van der Waals surface area contributed by atoms with Crippen molar-refractivity contribution in [3.63, 3.8) is 0 Å². The number of nitro benzene ring substituents is 1. The summed E-state index contributed by atoms with van der Waals surface area (Å²) in [5.74, 6) is -0.386. The number of amides is 1. The molecule has 0 aromatic heterocycles. The van der Waals surface area contributed by atoms with Gasteiger partial charge in [0.1, 0.15) is 0 Å². The Bertz CT molecular complexity index is 511. The molecule has 0 radical (unpaired) electrons. The second-order valence-electron chi connectivity index (χ2n) is 4.19. The molecule has 1 heterocycles. The first kappa shape index (κ1) is 12.9. The quantitative estimate of drug-likeness (QED) is 0.613. The number of phenols is 1. The number of aromatic hydroxyl groups is 1. The molecule has 102 valence electrons. The highest BCUT2D eigenvalue weighted by molar-refractivity contribution is 5.66. The van der Waals surface area contributed by atoms with E-state index in [2.05, 4.69) is 0 Å². The molecular weight excluding hydrogens is 254 g/mol. The number of carboxylic acid groups (broad SMARTS) is 1. The Morgan fingerprint density at radius 3 is 2.37 bits per heavy atom. The van der Waals surface area contributed by atoms with Gasteiger partial charge in [-0.15, -0.1) is 0 Å². The summed E-state index contributed by atoms with van der Waals surface area (Å²) in [5.41, 5.74) is 0.307. The topological polar surface area (TPSA) is 107 Å². The van der Waals surface area contributed by atoms with Crippen LogP contribution in [0.4, 0.5) is 16.2 Å². The van der Waals surface area contributed by atoms with E-state index in [4.69, 9.17) is 5.11 Å². The van der Waals surface area contributed by atoms with Gasteiger partial charge in [-0.05, 0) is 6.07 Å². The van der Waals surface area contributed by atoms with E-state index in [1.54, 1.807) is 6.07 Å². The Morgan fingerprint density at radius 2 is 1.89 bits per heavy atom. The Hall–Kier alpha value is -2.51. The van der Waals surface area contributed by atoms with Gasteiger partial charge in [-0.25, -0.2) is 4.79 Å². The van der Waals surface area contributed by atoms with Gasteiger partial charge in [-0.3, -0.25) is 10.1 Å². The van der Waals surface area contributed by atoms with Crippen LogP contribution in [0.2, 0.25) is 0 Å². The fraction of sp³-hybridized carbons (Fsp3) is 0.364. The maximum absolute atomic E-state index is 10.8. The first-order chi connectivity index (χ1) is 8.99. The zero-order valence-electron chi connectivity index (χ0n) is 10.0. The van der Waals surface area contributed by atoms with E-state index >= 15 is 0 Å². The van der Waals surface area contributed by atoms with Crippen molar-refractivity contribution in [2.75, 3.05) is 31.1 Å². The van der Waals surface area contributed by atoms with E-state index in [0.717, 1.165) is 0 Å². The largest absolute Gasteiger partial charge is 0.502 e. The number of carbonyl (C=O) groups is 1. The highest BCUT2D eigenvalue weighted by Crippen LogP contribution is 2.30. The van der Waals surface area contributed by atoms with Crippen LogP contribution < -0.4 is 4.90 Å². The average Bonchev–Trinajstić information content (AvgIpc) is 2.38. The van der Waals surface area contributed by atoms with Gasteiger partial charge in [0.05, 0.1) is 4.92 Å². The molecule has 1 aliphatic heterocycles. The van der Waals surface area contributed by atoms with Crippen LogP contribution in [0.25, 0.3) is 0 Å². The van der Waals surface area contributed by atoms with E-state index in [-0.39, 0.29) is 11.4 Å². The lowest BCUT2D eigenvalue weighted by atomic mass is 10.2. The van der Waals surface area contributed by atoms with Gasteiger partial charge >= 0.3 is 11.8 Å². The lowest BCUT2D eigenvalue weighted by Crippen LogP contribution is -2.48. The maximum Gasteiger partial charge on any atom is 0.407 e. The number of nitro groups is 1. The van der Waals surface area contributed by atoms with Crippen LogP contribution in [0.15, 0.2) is 18.2 Å². The molecule has 1 aliphatic rings. The third-order valence-electron chi connectivity index (χ3n) is 3.07. The summed E-state index contributed by atoms with van der Waals surface area (Å²) in [6.07, 6.45) is -0.953. The first-order valence-electron chi connectivity index (χ1n) is 5.69. The molecule has 1 aromatic carbocycles. The third kappa shape index (κ3) is 2.67. The molecule has 19 heavy (non-hydrogen) atoms. The predicted molar refractivity (Wildman–Crippen MR) is 66.6 cm³/mol. The lowest BCUT2D eigenvalue weighted by molar-refractivity contribution is -0.385. The number of hydrogen-bond acceptors (Lipinski definition) is 5. The van der Waals surface area contributed by atoms with Gasteiger partial charge in [-0.1, -0.05) is 0 Å². The zero-order valence-corrected chi connectivity index (χ0v) is 10.0. The Labute approximate surface area is 108 Å². The molecule has 1 amide bonds. The predicted octanol–water partition coefficient (Wildman–Crippen LogP) is 1.10. The highest BCUT2D eigenvalue weighted by Gasteiger charge is 2.22. The van der Waals surface area contributed by atoms with Gasteiger partial charge < -0.3 is 20.0 Å². The molecule has 8 heteroatoms. The van der Waals surface area contributed by atoms with E-state index in [0.29, 0.717) is 31.9 Å². The Morgan fingerprint density at radius 1 is 1.26 bits per heavy atom. The molecule has 2 N–H and O–H groups in total. The summed E-state index contributed by atoms with van der Waals surface area (Å²) in [6.45, 7) is 1.72. The number of hydrogen-bond donors (Lipinski definition) is 2. The summed E-state index contributed by atoms with van der Waals surface area (Å²) in [7, 11) is 0. The lowest BCUT2D eigenvalue weighted by Gasteiger charge is -2.34. The summed E-state index contributed by atoms with van der Waals surface area (Å²) in [5, 5.41) is 29.0. The maximum atomic E-state index is 10.8. The third-order valence-corrected chi connectivity index (χ3v) is 3.07. The van der Waals surface area contributed by atoms with Gasteiger partial charge in [0, 0.05) is 44.0 Å². The van der Waals surface area contributed by atoms with Crippen LogP contribution >= 0.6 is 0 Å². The fourth-order valence-electron chi connectivity index (χ4n) is 2.02. The molecule has 0 aliphatic carbocycles. The van der Waals surface area contributed by atoms with Crippen molar-refractivity contribution < 1.29 is 19.9 Å². The normalized spacial score (nSPS) is 15.4. The smallest absolute Gasteiger partial charge is 0.407 e. The highest BCUT2D eigenvalue weighted by atomic mass is 16.6. The second-order valence-corrected chi connectivity index (χ2v) is 4.19. The van der Waals surface area contributed by atoms with Crippen molar-refractivity contribution in [1.29, 1.82) is 0 Å². The number of phenolic OH excluding ortho intramolecular Hbond substituents is 1. The van der Waals surface area contributed by atoms with Crippen molar-refractivity contribution in [3.8, 4) is 5.75 Å². The van der Waals surface area contributed by atoms with E-state index in [9.17, 15) is 20.0 Å². The second kappa shape index (κ2) is 5.01. The van der Waals surface area contributed by atoms with Crippen LogP contribution in [-0.2, 0) is 0 Å². The molecule has 0 bridgehead atoms. The van der Waals surface area contributed by atoms with Crippen LogP contribution in [0.1, 0.15) is 0 Å². The van der Waals surface area contributed by atoms with E-state index in [1.807, 2.05) is 4.90 Å². The van der Waals surface area contributed by atoms with Crippen molar-refractivity contribution in [3.05, 3.63) is 28.3 Å². The van der Waals surface area contributed by atoms with Gasteiger partial charge in [0.15, 0.2) is 5.75 Å². The molecule has 1 fully saturated rings. The molecule has 1 saturated heterocycles. The average molecular weight is 267 g/mol. The molecule has 0 unspecified atom stereocenters. The van der Waals surface area contributed by atoms with Gasteiger partial charge in [0.2, 0.25) is 0 Å². The molecule has 0 saturated carbocycles. The summed E-state index contributed by atoms with van der Waals surface area (Å²) >= 11 is 0. The van der Waals surface area contributed by atoms with E-state index < -0.39 is 11.0 Å². The molecule has 2 rings (SSSR count). The van der Waals surface area contributed by atoms with Gasteiger partial charge in [0.25, 0.3) is 0 Å². The van der Waals surface area contributed by atoms with Crippen molar-refractivity contribution >= 4 is 17.5 Å². The minimum absolute atomic E-state index is 0.340. The number of piperazine rings is 1. The van der Waals surface area contributed by atoms with E-state index in [1.165, 1.54) is 17.0 Å². The minimum Gasteiger partial charge on any atom is -0.502 e. The number of rotatable bonds is 2. The van der Waals surface area contributed by atoms with Crippen LogP contribution in [0.5, 0.6) is 5.75 Å². The van der Waals surface area contributed by atoms with Crippen LogP contribution in [0.3, 0.4) is 0 Å². The van der Waals surface area contributed by atoms with Crippen molar-refractivity contribution in [1.82, 2.24) is 4.90 Å². The molecule has 8 nitrogen and oxygen atoms in total. The van der Waals surface area contributed by atoms with Gasteiger partial charge in [-0.2, -0.15) is 0 Å². The first-order valence-corrected chi connectivity index (χ1v) is 5.69. The SMILES string of the molecule is O=C(O)N1CCN(c2ccc([N+](=O)[O-])c(O)c2)CC1. The number of benzene rings is 1. The Kier molecular flexibility index (Phi) is 3.41. The zero-order chi connectivity index (χ0) is 14.0. The fourth-order valence-corrected chi connectivity index (χ4v) is 2.02. The molecular formula is C11H13N3O5. The standard InChI is InChI=1S/C11H13N3O5/c15-10-7-8(1-2-9(10)14(18)19)12-3-5-13(6-4-12)11(16)17/h1-2,7,15H,3-6H2,(H,16,17). The summed E-state index contributed by atoms with van der Waals surface area (Å²) in [6, 6.07) is 4.12. The number of anilines is 1. The molecule has 1 aromatic rings. The molecule has 0 atom stereocenters. The summed E-state index contributed by atoms with van der Waals surface area (Å²) in [4.78, 5) is 23.9. The van der Waals surface area contributed by atoms with Crippen LogP contribution in [-0.4, -0.2) is 52.3 Å². The van der Waals surface area contributed by atoms with Crippen molar-refractivity contribution in [2.24, 2.45) is 0 Å². The number of nitrogens with zero attached hydrogens (tertiary/aromatic N) is 3. The van der Waals surface area contributed by atoms with Crippen LogP contribution in [0, 0.1) is 10.1 Å². The summed E-state index contributed by atoms with van der Waals surface area (Å²) < 4.78 is 0. The monoisotopic (exact) mass is 267 g/mol. The van der Waals surface area contributed by atoms with Crippen molar-refractivity contribution in [2.45, 2.75) is 0 Å². The molecule has 0 spiro atoms.